The van der Waals surface area contributed by atoms with E-state index in [0.29, 0.717) is 12.6 Å². The third kappa shape index (κ3) is 5.87. The van der Waals surface area contributed by atoms with E-state index in [1.54, 1.807) is 0 Å². The topological polar surface area (TPSA) is 160 Å². The Morgan fingerprint density at radius 3 is 2.49 bits per heavy atom. The number of halogens is 4. The summed E-state index contributed by atoms with van der Waals surface area (Å²) in [5.74, 6) is -7.63. The van der Waals surface area contributed by atoms with Crippen molar-refractivity contribution < 1.29 is 36.9 Å². The van der Waals surface area contributed by atoms with Crippen molar-refractivity contribution in [1.82, 2.24) is 40.5 Å². The zero-order valence-electron chi connectivity index (χ0n) is 22.6. The summed E-state index contributed by atoms with van der Waals surface area (Å²) in [6, 6.07) is -0.810. The Kier molecular flexibility index (Phi) is 7.02. The number of aryl methyl sites for hydroxylation is 1. The van der Waals surface area contributed by atoms with Gasteiger partial charge in [0.05, 0.1) is 47.4 Å². The van der Waals surface area contributed by atoms with Gasteiger partial charge in [0.25, 0.3) is 17.6 Å². The molecule has 3 N–H and O–H groups in total. The van der Waals surface area contributed by atoms with E-state index < -0.39 is 53.2 Å². The first-order chi connectivity index (χ1) is 19.1. The molecule has 0 aliphatic heterocycles. The lowest BCUT2D eigenvalue weighted by Gasteiger charge is -2.49. The van der Waals surface area contributed by atoms with Crippen LogP contribution in [0.25, 0.3) is 5.78 Å². The van der Waals surface area contributed by atoms with Crippen LogP contribution < -0.4 is 10.6 Å². The average molecular weight is 583 g/mol. The summed E-state index contributed by atoms with van der Waals surface area (Å²) < 4.78 is 60.7. The molecule has 2 aliphatic carbocycles. The van der Waals surface area contributed by atoms with E-state index in [1.807, 2.05) is 0 Å². The predicted molar refractivity (Wildman–Crippen MR) is 132 cm³/mol. The minimum atomic E-state index is -3.14. The highest BCUT2D eigenvalue weighted by Crippen LogP contribution is 2.50. The molecule has 2 amide bonds. The van der Waals surface area contributed by atoms with Crippen molar-refractivity contribution in [2.24, 2.45) is 5.92 Å². The molecule has 1 unspecified atom stereocenters. The number of alkyl halides is 4. The van der Waals surface area contributed by atoms with Gasteiger partial charge in [-0.25, -0.2) is 36.7 Å². The molecule has 2 fully saturated rings. The van der Waals surface area contributed by atoms with Crippen molar-refractivity contribution in [1.29, 1.82) is 0 Å². The van der Waals surface area contributed by atoms with Gasteiger partial charge in [-0.05, 0) is 50.6 Å². The number of hydrogen-bond donors (Lipinski definition) is 3. The number of fused-ring (bicyclic) bond motifs is 1. The van der Waals surface area contributed by atoms with Crippen LogP contribution in [0.4, 0.5) is 17.6 Å². The number of amides is 2. The molecule has 41 heavy (non-hydrogen) atoms. The number of aliphatic hydroxyl groups is 1. The minimum Gasteiger partial charge on any atom is -0.390 e. The first-order valence-corrected chi connectivity index (χ1v) is 13.2. The lowest BCUT2D eigenvalue weighted by Crippen LogP contribution is -2.61. The third-order valence-corrected chi connectivity index (χ3v) is 7.77. The Hall–Kier alpha value is -3.69. The molecule has 0 radical (unpaired) electrons. The Balaban J connectivity index is 1.47. The van der Waals surface area contributed by atoms with Crippen molar-refractivity contribution in [2.75, 3.05) is 6.54 Å². The van der Waals surface area contributed by atoms with E-state index in [-0.39, 0.29) is 61.4 Å². The highest BCUT2D eigenvalue weighted by atomic mass is 19.3. The van der Waals surface area contributed by atoms with Crippen molar-refractivity contribution in [3.8, 4) is 0 Å². The van der Waals surface area contributed by atoms with Crippen LogP contribution >= 0.6 is 0 Å². The Labute approximate surface area is 231 Å². The summed E-state index contributed by atoms with van der Waals surface area (Å²) in [5.41, 5.74) is -2.00. The fourth-order valence-corrected chi connectivity index (χ4v) is 5.76. The van der Waals surface area contributed by atoms with E-state index >= 15 is 0 Å². The van der Waals surface area contributed by atoms with Gasteiger partial charge < -0.3 is 15.7 Å². The number of hydrogen-bond acceptors (Lipinski definition) is 9. The van der Waals surface area contributed by atoms with E-state index in [1.165, 1.54) is 30.8 Å². The summed E-state index contributed by atoms with van der Waals surface area (Å²) in [7, 11) is 0. The summed E-state index contributed by atoms with van der Waals surface area (Å²) >= 11 is 0. The van der Waals surface area contributed by atoms with Crippen LogP contribution in [-0.4, -0.2) is 70.8 Å². The van der Waals surface area contributed by atoms with E-state index in [0.717, 1.165) is 0 Å². The third-order valence-electron chi connectivity index (χ3n) is 7.77. The smallest absolute Gasteiger partial charge is 0.276 e. The molecule has 2 saturated carbocycles. The zero-order chi connectivity index (χ0) is 29.8. The standard InChI is InChI=1S/C25H30F4N8O4/c1-13-17(36-41-35-13)19(38)34-18(14-4-6-25(28,29)7-5-14)15-9-37-21(32-15)33-16(8-31-37)24(10-22(2,40)11-24)20(39)30-12-23(3,26)27/h8-9,14,18,40H,4-7,10-12H2,1-3H3,(H,30,39)(H,34,38). The maximum Gasteiger partial charge on any atom is 0.276 e. The molecule has 5 rings (SSSR count). The molecule has 12 nitrogen and oxygen atoms in total. The molecule has 0 aromatic carbocycles. The zero-order valence-corrected chi connectivity index (χ0v) is 22.6. The average Bonchev–Trinajstić information content (AvgIpc) is 3.49. The molecule has 222 valence electrons. The normalized spacial score (nSPS) is 25.5. The van der Waals surface area contributed by atoms with Crippen LogP contribution in [0.1, 0.15) is 86.0 Å². The monoisotopic (exact) mass is 582 g/mol. The van der Waals surface area contributed by atoms with Crippen LogP contribution in [0.5, 0.6) is 0 Å². The van der Waals surface area contributed by atoms with Gasteiger partial charge in [-0.3, -0.25) is 9.59 Å². The van der Waals surface area contributed by atoms with Crippen LogP contribution in [0, 0.1) is 12.8 Å². The molecule has 16 heteroatoms. The first kappa shape index (κ1) is 28.8. The number of rotatable bonds is 8. The number of nitrogens with one attached hydrogen (secondary N) is 2. The van der Waals surface area contributed by atoms with Crippen molar-refractivity contribution in [2.45, 2.75) is 88.2 Å². The fraction of sp³-hybridized carbons (Fsp3) is 0.640. The van der Waals surface area contributed by atoms with Gasteiger partial charge in [0.15, 0.2) is 5.69 Å². The van der Waals surface area contributed by atoms with Crippen molar-refractivity contribution in [3.05, 3.63) is 35.2 Å². The van der Waals surface area contributed by atoms with Crippen molar-refractivity contribution in [3.63, 3.8) is 0 Å². The van der Waals surface area contributed by atoms with Gasteiger partial charge in [-0.15, -0.1) is 0 Å². The van der Waals surface area contributed by atoms with Crippen LogP contribution in [0.3, 0.4) is 0 Å². The molecule has 0 bridgehead atoms. The van der Waals surface area contributed by atoms with Gasteiger partial charge in [-0.2, -0.15) is 5.10 Å². The van der Waals surface area contributed by atoms with E-state index in [2.05, 4.69) is 40.6 Å². The first-order valence-electron chi connectivity index (χ1n) is 13.2. The Bertz CT molecular complexity index is 1450. The second-order valence-corrected chi connectivity index (χ2v) is 11.6. The maximum atomic E-state index is 13.9. The Morgan fingerprint density at radius 2 is 1.90 bits per heavy atom. The Morgan fingerprint density at radius 1 is 1.22 bits per heavy atom. The molecule has 0 spiro atoms. The lowest BCUT2D eigenvalue weighted by molar-refractivity contribution is -0.146. The molecule has 3 aromatic rings. The fourth-order valence-electron chi connectivity index (χ4n) is 5.76. The summed E-state index contributed by atoms with van der Waals surface area (Å²) in [6.45, 7) is 2.85. The maximum absolute atomic E-state index is 13.9. The van der Waals surface area contributed by atoms with Gasteiger partial charge in [0.1, 0.15) is 5.69 Å². The van der Waals surface area contributed by atoms with Crippen LogP contribution in [0.15, 0.2) is 17.0 Å². The van der Waals surface area contributed by atoms with Crippen molar-refractivity contribution >= 4 is 17.6 Å². The van der Waals surface area contributed by atoms with E-state index in [4.69, 9.17) is 0 Å². The largest absolute Gasteiger partial charge is 0.390 e. The molecular formula is C25H30F4N8O4. The van der Waals surface area contributed by atoms with Crippen LogP contribution in [0.2, 0.25) is 0 Å². The molecule has 2 aliphatic rings. The number of imidazole rings is 1. The van der Waals surface area contributed by atoms with Gasteiger partial charge in [-0.1, -0.05) is 5.16 Å². The second-order valence-electron chi connectivity index (χ2n) is 11.6. The summed E-state index contributed by atoms with van der Waals surface area (Å²) in [4.78, 5) is 35.0. The molecule has 0 saturated heterocycles. The van der Waals surface area contributed by atoms with Gasteiger partial charge >= 0.3 is 0 Å². The number of aromatic nitrogens is 6. The van der Waals surface area contributed by atoms with Crippen LogP contribution in [-0.2, 0) is 10.2 Å². The molecule has 1 atom stereocenters. The van der Waals surface area contributed by atoms with Gasteiger partial charge in [0.2, 0.25) is 11.8 Å². The van der Waals surface area contributed by atoms with Gasteiger partial charge in [0, 0.05) is 19.8 Å². The number of carbonyl (C=O) groups excluding carboxylic acids is 2. The number of nitrogens with zero attached hydrogens (tertiary/aromatic N) is 6. The SMILES string of the molecule is Cc1nonc1C(=O)NC(c1cn2ncc(C3(C(=O)NCC(C)(F)F)CC(C)(O)C3)nc2n1)C1CCC(F)(F)CC1. The molecule has 3 aromatic heterocycles. The minimum absolute atomic E-state index is 0.0386. The quantitative estimate of drug-likeness (QED) is 0.339. The summed E-state index contributed by atoms with van der Waals surface area (Å²) in [5, 5.41) is 27.0. The lowest BCUT2D eigenvalue weighted by atomic mass is 9.57. The summed E-state index contributed by atoms with van der Waals surface area (Å²) in [6.07, 6.45) is 2.20. The second kappa shape index (κ2) is 9.99. The molecular weight excluding hydrogens is 552 g/mol. The molecule has 3 heterocycles. The highest BCUT2D eigenvalue weighted by molar-refractivity contribution is 5.93. The predicted octanol–water partition coefficient (Wildman–Crippen LogP) is 2.67. The highest BCUT2D eigenvalue weighted by Gasteiger charge is 2.58. The number of carbonyl (C=O) groups is 2. The van der Waals surface area contributed by atoms with E-state index in [9.17, 15) is 32.3 Å².